The summed E-state index contributed by atoms with van der Waals surface area (Å²) in [6, 6.07) is 19.9. The number of benzene rings is 3. The van der Waals surface area contributed by atoms with Crippen molar-refractivity contribution in [1.82, 2.24) is 15.3 Å². The van der Waals surface area contributed by atoms with Gasteiger partial charge in [-0.3, -0.25) is 24.7 Å². The number of nitrogens with one attached hydrogen (secondary N) is 2. The van der Waals surface area contributed by atoms with Gasteiger partial charge >= 0.3 is 0 Å². The molecule has 0 aromatic heterocycles. The van der Waals surface area contributed by atoms with Crippen LogP contribution in [0.3, 0.4) is 0 Å². The molecule has 0 spiro atoms. The predicted molar refractivity (Wildman–Crippen MR) is 135 cm³/mol. The van der Waals surface area contributed by atoms with E-state index < -0.39 is 29.6 Å². The van der Waals surface area contributed by atoms with Crippen LogP contribution in [0.5, 0.6) is 5.75 Å². The first kappa shape index (κ1) is 24.8. The minimum Gasteiger partial charge on any atom is -0.497 e. The number of hydrogen-bond acceptors (Lipinski definition) is 5. The average molecular weight is 507 g/mol. The van der Waals surface area contributed by atoms with Gasteiger partial charge in [0.2, 0.25) is 5.91 Å². The molecule has 36 heavy (non-hydrogen) atoms. The first-order valence-corrected chi connectivity index (χ1v) is 11.5. The van der Waals surface area contributed by atoms with E-state index in [0.717, 1.165) is 5.56 Å². The van der Waals surface area contributed by atoms with Gasteiger partial charge in [0.1, 0.15) is 17.6 Å². The number of rotatable bonds is 8. The molecule has 3 aromatic carbocycles. The first-order chi connectivity index (χ1) is 17.4. The van der Waals surface area contributed by atoms with Crippen molar-refractivity contribution in [2.75, 3.05) is 12.4 Å². The summed E-state index contributed by atoms with van der Waals surface area (Å²) in [7, 11) is 1.49. The molecule has 1 aliphatic rings. The van der Waals surface area contributed by atoms with Gasteiger partial charge in [-0.2, -0.15) is 0 Å². The summed E-state index contributed by atoms with van der Waals surface area (Å²) in [5, 5.41) is 3.95. The standard InChI is InChI=1S/C26H23FN4O4S/c1-35-21-9-5-8-18(14-21)24(33)29-31-22(15-23(32)28-20-12-10-19(27)11-13-20)25(34)30(26(31)36)16-17-6-3-2-4-7-17/h2-14,22H,15-16H2,1H3,(H,28,32)(H,29,33). The lowest BCUT2D eigenvalue weighted by molar-refractivity contribution is -0.131. The second kappa shape index (κ2) is 11.0. The van der Waals surface area contributed by atoms with E-state index in [1.54, 1.807) is 24.3 Å². The van der Waals surface area contributed by atoms with Crippen LogP contribution in [0.4, 0.5) is 10.1 Å². The first-order valence-electron chi connectivity index (χ1n) is 11.0. The van der Waals surface area contributed by atoms with Gasteiger partial charge in [0.15, 0.2) is 5.11 Å². The Hall–Kier alpha value is -4.31. The maximum absolute atomic E-state index is 13.4. The molecule has 4 rings (SSSR count). The topological polar surface area (TPSA) is 91.0 Å². The average Bonchev–Trinajstić information content (AvgIpc) is 3.10. The zero-order chi connectivity index (χ0) is 25.7. The van der Waals surface area contributed by atoms with Crippen molar-refractivity contribution in [3.63, 3.8) is 0 Å². The monoisotopic (exact) mass is 506 g/mol. The molecule has 1 unspecified atom stereocenters. The van der Waals surface area contributed by atoms with Gasteiger partial charge in [-0.15, -0.1) is 0 Å². The lowest BCUT2D eigenvalue weighted by Gasteiger charge is -2.24. The van der Waals surface area contributed by atoms with Gasteiger partial charge in [0, 0.05) is 11.3 Å². The van der Waals surface area contributed by atoms with Gasteiger partial charge < -0.3 is 10.1 Å². The summed E-state index contributed by atoms with van der Waals surface area (Å²) in [4.78, 5) is 40.5. The van der Waals surface area contributed by atoms with E-state index in [9.17, 15) is 18.8 Å². The third kappa shape index (κ3) is 5.66. The number of methoxy groups -OCH3 is 1. The number of hydrogen-bond donors (Lipinski definition) is 2. The van der Waals surface area contributed by atoms with Crippen LogP contribution in [0.15, 0.2) is 78.9 Å². The lowest BCUT2D eigenvalue weighted by atomic mass is 10.1. The van der Waals surface area contributed by atoms with Crippen molar-refractivity contribution in [2.24, 2.45) is 0 Å². The summed E-state index contributed by atoms with van der Waals surface area (Å²) in [5.41, 5.74) is 4.18. The van der Waals surface area contributed by atoms with Crippen molar-refractivity contribution in [2.45, 2.75) is 19.0 Å². The van der Waals surface area contributed by atoms with Gasteiger partial charge in [-0.1, -0.05) is 36.4 Å². The minimum atomic E-state index is -1.07. The lowest BCUT2D eigenvalue weighted by Crippen LogP contribution is -2.49. The van der Waals surface area contributed by atoms with E-state index in [1.807, 2.05) is 30.3 Å². The molecule has 1 heterocycles. The molecule has 1 atom stereocenters. The smallest absolute Gasteiger partial charge is 0.270 e. The number of carbonyl (C=O) groups excluding carboxylic acids is 3. The summed E-state index contributed by atoms with van der Waals surface area (Å²) >= 11 is 5.55. The van der Waals surface area contributed by atoms with Crippen LogP contribution in [0.2, 0.25) is 0 Å². The van der Waals surface area contributed by atoms with Gasteiger partial charge in [0.25, 0.3) is 11.8 Å². The quantitative estimate of drug-likeness (QED) is 0.455. The molecule has 1 aliphatic heterocycles. The number of carbonyl (C=O) groups is 3. The fourth-order valence-corrected chi connectivity index (χ4v) is 4.05. The van der Waals surface area contributed by atoms with Crippen molar-refractivity contribution in [3.8, 4) is 5.75 Å². The normalized spacial score (nSPS) is 15.1. The van der Waals surface area contributed by atoms with Crippen molar-refractivity contribution < 1.29 is 23.5 Å². The summed E-state index contributed by atoms with van der Waals surface area (Å²) in [5.74, 6) is -1.39. The largest absolute Gasteiger partial charge is 0.497 e. The van der Waals surface area contributed by atoms with Crippen LogP contribution in [0, 0.1) is 5.82 Å². The van der Waals surface area contributed by atoms with E-state index in [1.165, 1.54) is 41.3 Å². The maximum Gasteiger partial charge on any atom is 0.270 e. The Morgan fingerprint density at radius 1 is 1.03 bits per heavy atom. The zero-order valence-corrected chi connectivity index (χ0v) is 20.1. The zero-order valence-electron chi connectivity index (χ0n) is 19.3. The van der Waals surface area contributed by atoms with Crippen molar-refractivity contribution >= 4 is 40.7 Å². The Morgan fingerprint density at radius 3 is 2.44 bits per heavy atom. The summed E-state index contributed by atoms with van der Waals surface area (Å²) in [6.45, 7) is 0.181. The molecule has 10 heteroatoms. The van der Waals surface area contributed by atoms with Gasteiger partial charge in [-0.05, 0) is 60.2 Å². The highest BCUT2D eigenvalue weighted by atomic mass is 32.1. The van der Waals surface area contributed by atoms with Crippen LogP contribution in [0.25, 0.3) is 0 Å². The predicted octanol–water partition coefficient (Wildman–Crippen LogP) is 3.51. The van der Waals surface area contributed by atoms with E-state index in [4.69, 9.17) is 17.0 Å². The van der Waals surface area contributed by atoms with Gasteiger partial charge in [-0.25, -0.2) is 9.40 Å². The number of ether oxygens (including phenoxy) is 1. The fourth-order valence-electron chi connectivity index (χ4n) is 3.72. The molecule has 0 radical (unpaired) electrons. The summed E-state index contributed by atoms with van der Waals surface area (Å²) in [6.07, 6.45) is -0.292. The maximum atomic E-state index is 13.4. The molecule has 0 saturated carbocycles. The van der Waals surface area contributed by atoms with Crippen LogP contribution in [0.1, 0.15) is 22.3 Å². The second-order valence-electron chi connectivity index (χ2n) is 8.01. The molecule has 0 aliphatic carbocycles. The SMILES string of the molecule is COc1cccc(C(=O)NN2C(=S)N(Cc3ccccc3)C(=O)C2CC(=O)Nc2ccc(F)cc2)c1. The Balaban J connectivity index is 1.56. The molecule has 2 N–H and O–H groups in total. The third-order valence-electron chi connectivity index (χ3n) is 5.54. The molecule has 1 fully saturated rings. The van der Waals surface area contributed by atoms with Gasteiger partial charge in [0.05, 0.1) is 20.1 Å². The second-order valence-corrected chi connectivity index (χ2v) is 8.38. The highest BCUT2D eigenvalue weighted by Crippen LogP contribution is 2.23. The molecule has 8 nitrogen and oxygen atoms in total. The molecular weight excluding hydrogens is 483 g/mol. The number of anilines is 1. The number of hydrazine groups is 1. The van der Waals surface area contributed by atoms with E-state index in [2.05, 4.69) is 10.7 Å². The molecular formula is C26H23FN4O4S. The summed E-state index contributed by atoms with van der Waals surface area (Å²) < 4.78 is 18.4. The van der Waals surface area contributed by atoms with E-state index >= 15 is 0 Å². The Kier molecular flexibility index (Phi) is 7.55. The molecule has 1 saturated heterocycles. The van der Waals surface area contributed by atoms with Crippen LogP contribution in [-0.2, 0) is 16.1 Å². The Bertz CT molecular complexity index is 1290. The number of halogens is 1. The van der Waals surface area contributed by atoms with Crippen LogP contribution in [-0.4, -0.2) is 45.9 Å². The number of nitrogens with zero attached hydrogens (tertiary/aromatic N) is 2. The Morgan fingerprint density at radius 2 is 1.75 bits per heavy atom. The van der Waals surface area contributed by atoms with E-state index in [-0.39, 0.29) is 18.1 Å². The van der Waals surface area contributed by atoms with E-state index in [0.29, 0.717) is 17.0 Å². The fraction of sp³-hybridized carbons (Fsp3) is 0.154. The van der Waals surface area contributed by atoms with Crippen molar-refractivity contribution in [1.29, 1.82) is 0 Å². The molecule has 3 amide bonds. The van der Waals surface area contributed by atoms with Crippen molar-refractivity contribution in [3.05, 3.63) is 95.8 Å². The molecule has 3 aromatic rings. The number of amides is 3. The highest BCUT2D eigenvalue weighted by Gasteiger charge is 2.44. The molecule has 184 valence electrons. The third-order valence-corrected chi connectivity index (χ3v) is 5.96. The van der Waals surface area contributed by atoms with Crippen LogP contribution < -0.4 is 15.5 Å². The minimum absolute atomic E-state index is 0.0691. The molecule has 0 bridgehead atoms. The Labute approximate surface area is 212 Å². The van der Waals surface area contributed by atoms with Crippen LogP contribution >= 0.6 is 12.2 Å². The highest BCUT2D eigenvalue weighted by molar-refractivity contribution is 7.80. The number of thiocarbonyl (C=S) groups is 1.